The van der Waals surface area contributed by atoms with Crippen molar-refractivity contribution < 1.29 is 55.8 Å². The van der Waals surface area contributed by atoms with E-state index in [-0.39, 0.29) is 47.1 Å². The zero-order chi connectivity index (χ0) is 18.5. The van der Waals surface area contributed by atoms with Crippen LogP contribution in [-0.2, 0) is 6.54 Å². The molecule has 1 aliphatic heterocycles. The molecule has 4 rings (SSSR count). The second-order valence-electron chi connectivity index (χ2n) is 7.58. The van der Waals surface area contributed by atoms with Gasteiger partial charge in [0.2, 0.25) is 0 Å². The zero-order valence-electron chi connectivity index (χ0n) is 18.1. The molecule has 10 heteroatoms. The number of nitrogens with one attached hydrogen (secondary N) is 1. The molecule has 1 fully saturated rings. The molecule has 0 atom stereocenters. The first-order valence-corrected chi connectivity index (χ1v) is 10.2. The number of quaternary nitrogens is 2. The SMILES string of the molecule is Fc1ccc(Cn2c([NH2+]CCC[NH+]3CCCCC3)nc3ccccc32)cc1.O.O.O.[Cl-].[Cl-]. The smallest absolute Gasteiger partial charge is 0.307 e. The van der Waals surface area contributed by atoms with E-state index in [0.29, 0.717) is 6.54 Å². The van der Waals surface area contributed by atoms with E-state index in [9.17, 15) is 4.39 Å². The normalized spacial score (nSPS) is 13.0. The van der Waals surface area contributed by atoms with Crippen LogP contribution in [0.4, 0.5) is 10.3 Å². The average Bonchev–Trinajstić information content (AvgIpc) is 3.05. The molecular formula is C22H35Cl2FN4O3. The molecule has 2 aromatic carbocycles. The van der Waals surface area contributed by atoms with Crippen molar-refractivity contribution in [3.8, 4) is 0 Å². The Labute approximate surface area is 200 Å². The molecular weight excluding hydrogens is 458 g/mol. The lowest BCUT2D eigenvalue weighted by atomic mass is 10.1. The number of rotatable bonds is 7. The summed E-state index contributed by atoms with van der Waals surface area (Å²) < 4.78 is 15.5. The molecule has 2 heterocycles. The molecule has 7 nitrogen and oxygen atoms in total. The summed E-state index contributed by atoms with van der Waals surface area (Å²) in [5.74, 6) is 0.829. The fourth-order valence-electron chi connectivity index (χ4n) is 4.07. The minimum absolute atomic E-state index is 0. The maximum Gasteiger partial charge on any atom is 0.307 e. The summed E-state index contributed by atoms with van der Waals surface area (Å²) in [6, 6.07) is 15.0. The van der Waals surface area contributed by atoms with Crippen molar-refractivity contribution in [1.29, 1.82) is 0 Å². The number of likely N-dealkylation sites (tertiary alicyclic amines) is 1. The Hall–Kier alpha value is -1.78. The van der Waals surface area contributed by atoms with Crippen LogP contribution < -0.4 is 35.0 Å². The molecule has 9 N–H and O–H groups in total. The fraction of sp³-hybridized carbons (Fsp3) is 0.409. The average molecular weight is 493 g/mol. The number of nitrogens with two attached hydrogens (primary N) is 1. The van der Waals surface area contributed by atoms with Crippen LogP contribution >= 0.6 is 0 Å². The van der Waals surface area contributed by atoms with Crippen LogP contribution in [-0.4, -0.2) is 52.2 Å². The number of halogens is 3. The molecule has 0 amide bonds. The van der Waals surface area contributed by atoms with Crippen LogP contribution in [0, 0.1) is 5.82 Å². The number of aromatic nitrogens is 2. The predicted molar refractivity (Wildman–Crippen MR) is 117 cm³/mol. The zero-order valence-corrected chi connectivity index (χ0v) is 19.6. The number of para-hydroxylation sites is 2. The van der Waals surface area contributed by atoms with Crippen molar-refractivity contribution in [2.75, 3.05) is 26.2 Å². The fourth-order valence-corrected chi connectivity index (χ4v) is 4.07. The first kappa shape index (κ1) is 32.4. The Bertz CT molecular complexity index is 891. The molecule has 0 radical (unpaired) electrons. The molecule has 32 heavy (non-hydrogen) atoms. The summed E-state index contributed by atoms with van der Waals surface area (Å²) in [7, 11) is 0. The first-order valence-electron chi connectivity index (χ1n) is 10.2. The lowest BCUT2D eigenvalue weighted by Crippen LogP contribution is -3.13. The van der Waals surface area contributed by atoms with Gasteiger partial charge in [0.25, 0.3) is 0 Å². The molecule has 182 valence electrons. The van der Waals surface area contributed by atoms with Crippen LogP contribution in [0.1, 0.15) is 31.2 Å². The lowest BCUT2D eigenvalue weighted by Gasteiger charge is -2.22. The van der Waals surface area contributed by atoms with Gasteiger partial charge in [-0.3, -0.25) is 9.88 Å². The van der Waals surface area contributed by atoms with E-state index in [1.807, 2.05) is 18.2 Å². The van der Waals surface area contributed by atoms with E-state index in [0.717, 1.165) is 29.1 Å². The van der Waals surface area contributed by atoms with E-state index in [4.69, 9.17) is 4.98 Å². The topological polar surface area (TPSA) is 133 Å². The van der Waals surface area contributed by atoms with Crippen LogP contribution in [0.2, 0.25) is 0 Å². The summed E-state index contributed by atoms with van der Waals surface area (Å²) in [5, 5.41) is 2.27. The third-order valence-corrected chi connectivity index (χ3v) is 5.56. The monoisotopic (exact) mass is 492 g/mol. The summed E-state index contributed by atoms with van der Waals surface area (Å²) in [4.78, 5) is 6.60. The van der Waals surface area contributed by atoms with Crippen LogP contribution in [0.3, 0.4) is 0 Å². The van der Waals surface area contributed by atoms with Crippen LogP contribution in [0.15, 0.2) is 48.5 Å². The second-order valence-corrected chi connectivity index (χ2v) is 7.58. The Balaban J connectivity index is 0. The van der Waals surface area contributed by atoms with E-state index >= 15 is 0 Å². The van der Waals surface area contributed by atoms with Gasteiger partial charge in [0.05, 0.1) is 43.8 Å². The van der Waals surface area contributed by atoms with Crippen molar-refractivity contribution in [3.05, 3.63) is 59.9 Å². The Morgan fingerprint density at radius 1 is 0.906 bits per heavy atom. The van der Waals surface area contributed by atoms with E-state index in [1.54, 1.807) is 4.90 Å². The Kier molecular flexibility index (Phi) is 16.1. The maximum atomic E-state index is 13.2. The molecule has 1 aliphatic rings. The first-order chi connectivity index (χ1) is 13.3. The lowest BCUT2D eigenvalue weighted by molar-refractivity contribution is -0.906. The third-order valence-electron chi connectivity index (χ3n) is 5.56. The summed E-state index contributed by atoms with van der Waals surface area (Å²) >= 11 is 0. The van der Waals surface area contributed by atoms with Gasteiger partial charge < -0.3 is 46.1 Å². The van der Waals surface area contributed by atoms with Gasteiger partial charge in [-0.15, -0.1) is 0 Å². The minimum Gasteiger partial charge on any atom is -1.00 e. The van der Waals surface area contributed by atoms with E-state index < -0.39 is 0 Å². The van der Waals surface area contributed by atoms with Crippen LogP contribution in [0.25, 0.3) is 11.0 Å². The van der Waals surface area contributed by atoms with E-state index in [1.165, 1.54) is 57.5 Å². The molecule has 1 aromatic heterocycles. The quantitative estimate of drug-likeness (QED) is 0.311. The van der Waals surface area contributed by atoms with Crippen molar-refractivity contribution in [1.82, 2.24) is 9.55 Å². The highest BCUT2D eigenvalue weighted by molar-refractivity contribution is 5.77. The van der Waals surface area contributed by atoms with Gasteiger partial charge in [-0.05, 0) is 49.1 Å². The molecule has 0 unspecified atom stereocenters. The number of nitrogens with zero attached hydrogens (tertiary/aromatic N) is 2. The number of piperidine rings is 1. The minimum atomic E-state index is -0.193. The number of imidazole rings is 1. The highest BCUT2D eigenvalue weighted by atomic mass is 35.5. The van der Waals surface area contributed by atoms with Gasteiger partial charge in [-0.1, -0.05) is 24.3 Å². The molecule has 0 spiro atoms. The number of hydrogen-bond acceptors (Lipinski definition) is 1. The van der Waals surface area contributed by atoms with Gasteiger partial charge >= 0.3 is 5.95 Å². The van der Waals surface area contributed by atoms with Gasteiger partial charge in [-0.2, -0.15) is 4.98 Å². The van der Waals surface area contributed by atoms with Gasteiger partial charge in [0.1, 0.15) is 5.82 Å². The van der Waals surface area contributed by atoms with Crippen LogP contribution in [0.5, 0.6) is 0 Å². The highest BCUT2D eigenvalue weighted by Crippen LogP contribution is 2.18. The van der Waals surface area contributed by atoms with Crippen molar-refractivity contribution in [2.24, 2.45) is 0 Å². The summed E-state index contributed by atoms with van der Waals surface area (Å²) in [6.07, 6.45) is 5.37. The van der Waals surface area contributed by atoms with Crippen molar-refractivity contribution in [3.63, 3.8) is 0 Å². The second kappa shape index (κ2) is 15.9. The summed E-state index contributed by atoms with van der Waals surface area (Å²) in [6.45, 7) is 5.70. The maximum absolute atomic E-state index is 13.2. The molecule has 3 aromatic rings. The third kappa shape index (κ3) is 8.29. The number of fused-ring (bicyclic) bond motifs is 1. The standard InChI is InChI=1S/C22H27FN4.2ClH.3H2O/c23-19-11-9-18(10-12-19)17-27-21-8-3-2-7-20(21)25-22(27)24-13-6-16-26-14-4-1-5-15-26;;;;;/h2-3,7-12H,1,4-6,13-17H2,(H,24,25);2*1H;3*1H2. The molecule has 0 bridgehead atoms. The molecule has 1 saturated heterocycles. The van der Waals surface area contributed by atoms with Crippen molar-refractivity contribution >= 4 is 17.0 Å². The molecule has 0 aliphatic carbocycles. The molecule has 0 saturated carbocycles. The van der Waals surface area contributed by atoms with Crippen molar-refractivity contribution in [2.45, 2.75) is 32.2 Å². The number of benzene rings is 2. The Morgan fingerprint density at radius 2 is 1.56 bits per heavy atom. The van der Waals surface area contributed by atoms with Gasteiger partial charge in [0, 0.05) is 6.42 Å². The number of hydrogen-bond donors (Lipinski definition) is 2. The predicted octanol–water partition coefficient (Wildman–Crippen LogP) is -6.59. The van der Waals surface area contributed by atoms with Gasteiger partial charge in [-0.25, -0.2) is 4.39 Å². The van der Waals surface area contributed by atoms with Gasteiger partial charge in [0.15, 0.2) is 0 Å². The Morgan fingerprint density at radius 3 is 2.25 bits per heavy atom. The van der Waals surface area contributed by atoms with E-state index in [2.05, 4.69) is 28.1 Å². The highest BCUT2D eigenvalue weighted by Gasteiger charge is 2.16. The largest absolute Gasteiger partial charge is 1.00 e. The summed E-state index contributed by atoms with van der Waals surface area (Å²) in [5.41, 5.74) is 3.24.